The molecule has 3 unspecified atom stereocenters. The minimum absolute atomic E-state index is 0.00597. The summed E-state index contributed by atoms with van der Waals surface area (Å²) in [6.07, 6.45) is 0.981. The van der Waals surface area contributed by atoms with Crippen molar-refractivity contribution >= 4 is 11.6 Å². The van der Waals surface area contributed by atoms with Gasteiger partial charge in [0.15, 0.2) is 0 Å². The Morgan fingerprint density at radius 3 is 2.71 bits per heavy atom. The molecule has 0 bridgehead atoms. The molecule has 1 aromatic rings. The van der Waals surface area contributed by atoms with Gasteiger partial charge in [-0.3, -0.25) is 4.79 Å². The van der Waals surface area contributed by atoms with Gasteiger partial charge in [0.1, 0.15) is 5.54 Å². The third-order valence-corrected chi connectivity index (χ3v) is 5.59. The maximum absolute atomic E-state index is 13.1. The maximum atomic E-state index is 13.1. The highest BCUT2D eigenvalue weighted by atomic mass is 16.5. The molecule has 0 radical (unpaired) electrons. The van der Waals surface area contributed by atoms with Crippen LogP contribution in [0.4, 0.5) is 5.69 Å². The number of carbonyl (C=O) groups excluding carboxylic acids is 1. The molecule has 1 amide bonds. The van der Waals surface area contributed by atoms with Crippen LogP contribution in [0.1, 0.15) is 25.8 Å². The minimum atomic E-state index is -0.842. The third kappa shape index (κ3) is 1.72. The smallest absolute Gasteiger partial charge is 0.247 e. The van der Waals surface area contributed by atoms with E-state index in [4.69, 9.17) is 10.5 Å². The Balaban J connectivity index is 1.93. The van der Waals surface area contributed by atoms with Crippen LogP contribution in [0.3, 0.4) is 0 Å². The fourth-order valence-electron chi connectivity index (χ4n) is 4.15. The summed E-state index contributed by atoms with van der Waals surface area (Å²) in [6.45, 7) is 6.81. The Labute approximate surface area is 126 Å². The van der Waals surface area contributed by atoms with E-state index in [1.54, 1.807) is 4.90 Å². The summed E-state index contributed by atoms with van der Waals surface area (Å²) in [5.74, 6) is 0.125. The normalized spacial score (nSPS) is 33.2. The molecule has 1 heterocycles. The monoisotopic (exact) mass is 288 g/mol. The van der Waals surface area contributed by atoms with Gasteiger partial charge in [0.2, 0.25) is 5.91 Å². The van der Waals surface area contributed by atoms with Crippen molar-refractivity contribution in [3.8, 4) is 0 Å². The Hall–Kier alpha value is -1.39. The van der Waals surface area contributed by atoms with E-state index in [9.17, 15) is 4.79 Å². The highest BCUT2D eigenvalue weighted by molar-refractivity contribution is 6.02. The molecular weight excluding hydrogens is 264 g/mol. The Bertz CT molecular complexity index is 584. The molecule has 0 aromatic heterocycles. The number of anilines is 1. The molecule has 114 valence electrons. The lowest BCUT2D eigenvalue weighted by molar-refractivity contribution is -0.172. The van der Waals surface area contributed by atoms with Crippen molar-refractivity contribution in [2.45, 2.75) is 38.8 Å². The number of amides is 1. The lowest BCUT2D eigenvalue weighted by atomic mass is 9.47. The molecule has 1 saturated carbocycles. The molecule has 2 aliphatic rings. The molecule has 4 heteroatoms. The van der Waals surface area contributed by atoms with Gasteiger partial charge < -0.3 is 15.4 Å². The van der Waals surface area contributed by atoms with E-state index >= 15 is 0 Å². The maximum Gasteiger partial charge on any atom is 0.247 e. The zero-order valence-corrected chi connectivity index (χ0v) is 13.2. The number of likely N-dealkylation sites (N-methyl/N-ethyl adjacent to an activating group) is 1. The van der Waals surface area contributed by atoms with Crippen LogP contribution in [0.15, 0.2) is 24.3 Å². The highest BCUT2D eigenvalue weighted by Gasteiger charge is 2.71. The molecule has 0 spiro atoms. The standard InChI is InChI=1S/C17H24N2O2/c1-11-7-5-6-8-13(11)19(4)15(20)17(18)12-9-10-21-14(12)16(17,2)3/h5-8,12,14H,9-10,18H2,1-4H3. The molecule has 3 rings (SSSR count). The fraction of sp³-hybridized carbons (Fsp3) is 0.588. The van der Waals surface area contributed by atoms with E-state index in [0.29, 0.717) is 6.61 Å². The molecule has 2 N–H and O–H groups in total. The first kappa shape index (κ1) is 14.5. The number of benzene rings is 1. The first-order chi connectivity index (χ1) is 9.81. The van der Waals surface area contributed by atoms with Gasteiger partial charge in [-0.25, -0.2) is 0 Å². The van der Waals surface area contributed by atoms with E-state index in [2.05, 4.69) is 0 Å². The van der Waals surface area contributed by atoms with Crippen LogP contribution in [-0.4, -0.2) is 31.2 Å². The molecule has 21 heavy (non-hydrogen) atoms. The lowest BCUT2D eigenvalue weighted by Crippen LogP contribution is -2.80. The van der Waals surface area contributed by atoms with Crippen molar-refractivity contribution in [3.63, 3.8) is 0 Å². The minimum Gasteiger partial charge on any atom is -0.377 e. The largest absolute Gasteiger partial charge is 0.377 e. The number of rotatable bonds is 2. The Kier molecular flexibility index (Phi) is 3.15. The van der Waals surface area contributed by atoms with Crippen molar-refractivity contribution < 1.29 is 9.53 Å². The van der Waals surface area contributed by atoms with E-state index in [1.165, 1.54) is 0 Å². The quantitative estimate of drug-likeness (QED) is 0.906. The van der Waals surface area contributed by atoms with E-state index < -0.39 is 5.54 Å². The number of aryl methyl sites for hydroxylation is 1. The van der Waals surface area contributed by atoms with E-state index in [1.807, 2.05) is 52.1 Å². The molecule has 3 atom stereocenters. The van der Waals surface area contributed by atoms with Crippen LogP contribution in [-0.2, 0) is 9.53 Å². The Morgan fingerprint density at radius 2 is 2.05 bits per heavy atom. The molecule has 1 aliphatic heterocycles. The second-order valence-electron chi connectivity index (χ2n) is 6.93. The molecule has 2 fully saturated rings. The zero-order chi connectivity index (χ0) is 15.4. The van der Waals surface area contributed by atoms with Crippen molar-refractivity contribution in [3.05, 3.63) is 29.8 Å². The summed E-state index contributed by atoms with van der Waals surface area (Å²) in [7, 11) is 1.82. The number of carbonyl (C=O) groups is 1. The molecule has 1 saturated heterocycles. The van der Waals surface area contributed by atoms with Gasteiger partial charge in [0, 0.05) is 30.7 Å². The van der Waals surface area contributed by atoms with Crippen LogP contribution in [0.2, 0.25) is 0 Å². The summed E-state index contributed by atoms with van der Waals surface area (Å²) in [5, 5.41) is 0. The van der Waals surface area contributed by atoms with Crippen molar-refractivity contribution in [2.24, 2.45) is 17.1 Å². The fourth-order valence-corrected chi connectivity index (χ4v) is 4.15. The zero-order valence-electron chi connectivity index (χ0n) is 13.2. The number of fused-ring (bicyclic) bond motifs is 1. The third-order valence-electron chi connectivity index (χ3n) is 5.59. The average Bonchev–Trinajstić information content (AvgIpc) is 2.93. The topological polar surface area (TPSA) is 55.6 Å². The van der Waals surface area contributed by atoms with Gasteiger partial charge in [-0.15, -0.1) is 0 Å². The summed E-state index contributed by atoms with van der Waals surface area (Å²) >= 11 is 0. The van der Waals surface area contributed by atoms with Gasteiger partial charge in [0.05, 0.1) is 6.10 Å². The summed E-state index contributed by atoms with van der Waals surface area (Å²) in [5.41, 5.74) is 7.45. The molecule has 1 aliphatic carbocycles. The predicted molar refractivity (Wildman–Crippen MR) is 83.1 cm³/mol. The van der Waals surface area contributed by atoms with Gasteiger partial charge in [-0.2, -0.15) is 0 Å². The molecular formula is C17H24N2O2. The van der Waals surface area contributed by atoms with Gasteiger partial charge in [-0.05, 0) is 25.0 Å². The van der Waals surface area contributed by atoms with E-state index in [0.717, 1.165) is 17.7 Å². The summed E-state index contributed by atoms with van der Waals surface area (Å²) in [4.78, 5) is 14.8. The van der Waals surface area contributed by atoms with Crippen molar-refractivity contribution in [1.82, 2.24) is 0 Å². The first-order valence-electron chi connectivity index (χ1n) is 7.56. The van der Waals surface area contributed by atoms with E-state index in [-0.39, 0.29) is 23.3 Å². The van der Waals surface area contributed by atoms with Crippen LogP contribution in [0.25, 0.3) is 0 Å². The number of hydrogen-bond donors (Lipinski definition) is 1. The average molecular weight is 288 g/mol. The number of para-hydroxylation sites is 1. The number of ether oxygens (including phenoxy) is 1. The highest BCUT2D eigenvalue weighted by Crippen LogP contribution is 2.58. The molecule has 1 aromatic carbocycles. The van der Waals surface area contributed by atoms with Gasteiger partial charge in [-0.1, -0.05) is 32.0 Å². The second-order valence-corrected chi connectivity index (χ2v) is 6.93. The number of nitrogens with two attached hydrogens (primary N) is 1. The SMILES string of the molecule is Cc1ccccc1N(C)C(=O)C1(N)C2CCOC2C1(C)C. The Morgan fingerprint density at radius 1 is 1.38 bits per heavy atom. The lowest BCUT2D eigenvalue weighted by Gasteiger charge is -2.61. The van der Waals surface area contributed by atoms with Crippen LogP contribution >= 0.6 is 0 Å². The predicted octanol–water partition coefficient (Wildman–Crippen LogP) is 2.10. The number of hydrogen-bond acceptors (Lipinski definition) is 3. The first-order valence-corrected chi connectivity index (χ1v) is 7.56. The van der Waals surface area contributed by atoms with Gasteiger partial charge in [0.25, 0.3) is 0 Å². The van der Waals surface area contributed by atoms with Crippen LogP contribution in [0.5, 0.6) is 0 Å². The summed E-state index contributed by atoms with van der Waals surface area (Å²) < 4.78 is 5.77. The summed E-state index contributed by atoms with van der Waals surface area (Å²) in [6, 6.07) is 7.90. The van der Waals surface area contributed by atoms with Gasteiger partial charge >= 0.3 is 0 Å². The molecule has 4 nitrogen and oxygen atoms in total. The van der Waals surface area contributed by atoms with Crippen molar-refractivity contribution in [2.75, 3.05) is 18.6 Å². The van der Waals surface area contributed by atoms with Crippen LogP contribution in [0, 0.1) is 18.3 Å². The second kappa shape index (κ2) is 4.55. The number of nitrogens with zero attached hydrogens (tertiary/aromatic N) is 1. The van der Waals surface area contributed by atoms with Crippen LogP contribution < -0.4 is 10.6 Å². The van der Waals surface area contributed by atoms with Crippen molar-refractivity contribution in [1.29, 1.82) is 0 Å².